The molecular weight excluding hydrogens is 322 g/mol. The molecule has 0 radical (unpaired) electrons. The smallest absolute Gasteiger partial charge is 0.321 e. The molecule has 3 N–H and O–H groups in total. The lowest BCUT2D eigenvalue weighted by Gasteiger charge is -2.22. The second kappa shape index (κ2) is 8.33. The van der Waals surface area contributed by atoms with E-state index < -0.39 is 11.3 Å². The summed E-state index contributed by atoms with van der Waals surface area (Å²) in [5.74, 6) is -0.320. The largest absolute Gasteiger partial charge is 0.363 e. The van der Waals surface area contributed by atoms with Crippen molar-refractivity contribution < 1.29 is 9.59 Å². The number of imide groups is 1. The van der Waals surface area contributed by atoms with Gasteiger partial charge in [0, 0.05) is 13.1 Å². The van der Waals surface area contributed by atoms with Crippen LogP contribution in [-0.2, 0) is 4.79 Å². The molecule has 0 saturated heterocycles. The molecule has 0 aliphatic heterocycles. The highest BCUT2D eigenvalue weighted by Crippen LogP contribution is 2.28. The number of rotatable bonds is 5. The fraction of sp³-hybridized carbons (Fsp3) is 0.692. The van der Waals surface area contributed by atoms with Crippen molar-refractivity contribution in [3.8, 4) is 0 Å². The van der Waals surface area contributed by atoms with Gasteiger partial charge in [-0.3, -0.25) is 10.1 Å². The van der Waals surface area contributed by atoms with Crippen LogP contribution in [0.2, 0.25) is 0 Å². The fourth-order valence-corrected chi connectivity index (χ4v) is 4.09. The summed E-state index contributed by atoms with van der Waals surface area (Å²) in [6.07, 6.45) is 5.47. The van der Waals surface area contributed by atoms with Gasteiger partial charge in [-0.25, -0.2) is 4.79 Å². The Bertz CT molecular complexity index is 516. The number of nitrogens with zero attached hydrogens (tertiary/aromatic N) is 2. The molecule has 1 aliphatic carbocycles. The van der Waals surface area contributed by atoms with E-state index >= 15 is 0 Å². The Labute approximate surface area is 138 Å². The topological polar surface area (TPSA) is 96.0 Å². The zero-order valence-electron chi connectivity index (χ0n) is 12.7. The molecule has 1 atom stereocenters. The van der Waals surface area contributed by atoms with Crippen molar-refractivity contribution in [2.75, 3.05) is 12.4 Å². The van der Waals surface area contributed by atoms with Gasteiger partial charge in [-0.15, -0.1) is 10.2 Å². The molecule has 122 valence electrons. The van der Waals surface area contributed by atoms with Crippen molar-refractivity contribution in [3.63, 3.8) is 0 Å². The van der Waals surface area contributed by atoms with E-state index in [0.29, 0.717) is 9.47 Å². The standard InChI is InChI=1S/C13H21N5O2S2/c1-8(21-13-18-17-12(14-2)22-13)10(19)16-11(20)15-9-6-4-3-5-7-9/h8-9H,3-7H2,1-2H3,(H,14,17)(H2,15,16,19,20)/t8-/m1/s1. The third-order valence-corrected chi connectivity index (χ3v) is 5.57. The summed E-state index contributed by atoms with van der Waals surface area (Å²) in [4.78, 5) is 23.9. The van der Waals surface area contributed by atoms with Crippen molar-refractivity contribution in [2.24, 2.45) is 0 Å². The zero-order valence-corrected chi connectivity index (χ0v) is 14.4. The molecular formula is C13H21N5O2S2. The van der Waals surface area contributed by atoms with Crippen LogP contribution in [-0.4, -0.2) is 40.5 Å². The van der Waals surface area contributed by atoms with Crippen LogP contribution in [0.25, 0.3) is 0 Å². The molecule has 2 rings (SSSR count). The summed E-state index contributed by atoms with van der Waals surface area (Å²) in [6, 6.07) is -0.219. The van der Waals surface area contributed by atoms with Gasteiger partial charge in [-0.1, -0.05) is 42.4 Å². The number of carbonyl (C=O) groups is 2. The van der Waals surface area contributed by atoms with Crippen molar-refractivity contribution in [1.82, 2.24) is 20.8 Å². The molecule has 1 saturated carbocycles. The maximum atomic E-state index is 12.0. The number of urea groups is 1. The number of anilines is 1. The van der Waals surface area contributed by atoms with Crippen LogP contribution in [0.4, 0.5) is 9.93 Å². The van der Waals surface area contributed by atoms with E-state index in [9.17, 15) is 9.59 Å². The van der Waals surface area contributed by atoms with Gasteiger partial charge in [0.05, 0.1) is 5.25 Å². The third kappa shape index (κ3) is 5.13. The summed E-state index contributed by atoms with van der Waals surface area (Å²) in [5, 5.41) is 16.3. The number of thioether (sulfide) groups is 1. The molecule has 3 amide bonds. The van der Waals surface area contributed by atoms with Gasteiger partial charge < -0.3 is 10.6 Å². The van der Waals surface area contributed by atoms with Crippen LogP contribution >= 0.6 is 23.1 Å². The lowest BCUT2D eigenvalue weighted by molar-refractivity contribution is -0.119. The number of hydrogen-bond acceptors (Lipinski definition) is 7. The molecule has 1 aromatic rings. The Hall–Kier alpha value is -1.35. The first kappa shape index (κ1) is 17.0. The second-order valence-electron chi connectivity index (χ2n) is 5.18. The molecule has 1 heterocycles. The average Bonchev–Trinajstić information content (AvgIpc) is 2.95. The number of carbonyl (C=O) groups excluding carboxylic acids is 2. The monoisotopic (exact) mass is 343 g/mol. The quantitative estimate of drug-likeness (QED) is 0.710. The fourth-order valence-electron chi connectivity index (χ4n) is 2.25. The Morgan fingerprint density at radius 1 is 1.27 bits per heavy atom. The van der Waals surface area contributed by atoms with E-state index in [4.69, 9.17) is 0 Å². The van der Waals surface area contributed by atoms with Gasteiger partial charge in [-0.05, 0) is 19.8 Å². The average molecular weight is 343 g/mol. The number of amides is 3. The Morgan fingerprint density at radius 3 is 2.64 bits per heavy atom. The Morgan fingerprint density at radius 2 is 2.00 bits per heavy atom. The molecule has 7 nitrogen and oxygen atoms in total. The molecule has 1 fully saturated rings. The van der Waals surface area contributed by atoms with Crippen LogP contribution in [0.15, 0.2) is 4.34 Å². The van der Waals surface area contributed by atoms with E-state index in [2.05, 4.69) is 26.1 Å². The summed E-state index contributed by atoms with van der Waals surface area (Å²) in [6.45, 7) is 1.74. The molecule has 0 spiro atoms. The summed E-state index contributed by atoms with van der Waals surface area (Å²) < 4.78 is 0.694. The van der Waals surface area contributed by atoms with Gasteiger partial charge in [0.1, 0.15) is 0 Å². The molecule has 9 heteroatoms. The van der Waals surface area contributed by atoms with Gasteiger partial charge in [0.25, 0.3) is 0 Å². The lowest BCUT2D eigenvalue weighted by atomic mass is 9.96. The molecule has 1 aliphatic rings. The number of hydrogen-bond donors (Lipinski definition) is 3. The van der Waals surface area contributed by atoms with Gasteiger partial charge in [0.2, 0.25) is 11.0 Å². The molecule has 0 aromatic carbocycles. The normalized spacial score (nSPS) is 16.8. The number of nitrogens with one attached hydrogen (secondary N) is 3. The second-order valence-corrected chi connectivity index (χ2v) is 7.75. The van der Waals surface area contributed by atoms with Crippen LogP contribution in [0, 0.1) is 0 Å². The van der Waals surface area contributed by atoms with Crippen LogP contribution in [0.5, 0.6) is 0 Å². The van der Waals surface area contributed by atoms with Gasteiger partial charge in [-0.2, -0.15) is 0 Å². The highest BCUT2D eigenvalue weighted by molar-refractivity contribution is 8.02. The van der Waals surface area contributed by atoms with Crippen LogP contribution < -0.4 is 16.0 Å². The first-order valence-electron chi connectivity index (χ1n) is 7.37. The van der Waals surface area contributed by atoms with Crippen molar-refractivity contribution in [3.05, 3.63) is 0 Å². The Kier molecular flexibility index (Phi) is 6.44. The highest BCUT2D eigenvalue weighted by Gasteiger charge is 2.21. The van der Waals surface area contributed by atoms with E-state index in [1.54, 1.807) is 14.0 Å². The first-order chi connectivity index (χ1) is 10.6. The predicted octanol–water partition coefficient (Wildman–Crippen LogP) is 2.22. The van der Waals surface area contributed by atoms with Crippen LogP contribution in [0.1, 0.15) is 39.0 Å². The third-order valence-electron chi connectivity index (χ3n) is 3.44. The molecule has 0 bridgehead atoms. The minimum Gasteiger partial charge on any atom is -0.363 e. The maximum Gasteiger partial charge on any atom is 0.321 e. The first-order valence-corrected chi connectivity index (χ1v) is 9.07. The zero-order chi connectivity index (χ0) is 15.9. The number of aromatic nitrogens is 2. The van der Waals surface area contributed by atoms with Gasteiger partial charge >= 0.3 is 6.03 Å². The minimum atomic E-state index is -0.408. The predicted molar refractivity (Wildman–Crippen MR) is 88.3 cm³/mol. The SMILES string of the molecule is CNc1nnc(S[C@H](C)C(=O)NC(=O)NC2CCCCC2)s1. The van der Waals surface area contributed by atoms with Crippen LogP contribution in [0.3, 0.4) is 0 Å². The molecule has 22 heavy (non-hydrogen) atoms. The summed E-state index contributed by atoms with van der Waals surface area (Å²) in [7, 11) is 1.76. The van der Waals surface area contributed by atoms with Crippen molar-refractivity contribution in [1.29, 1.82) is 0 Å². The minimum absolute atomic E-state index is 0.186. The van der Waals surface area contributed by atoms with E-state index in [0.717, 1.165) is 25.7 Å². The van der Waals surface area contributed by atoms with Crippen molar-refractivity contribution in [2.45, 2.75) is 54.7 Å². The van der Waals surface area contributed by atoms with Crippen molar-refractivity contribution >= 4 is 40.2 Å². The van der Waals surface area contributed by atoms with Gasteiger partial charge in [0.15, 0.2) is 4.34 Å². The molecule has 1 aromatic heterocycles. The van der Waals surface area contributed by atoms with E-state index in [-0.39, 0.29) is 11.9 Å². The van der Waals surface area contributed by atoms with E-state index in [1.807, 2.05) is 0 Å². The lowest BCUT2D eigenvalue weighted by Crippen LogP contribution is -2.47. The summed E-state index contributed by atoms with van der Waals surface area (Å²) in [5.41, 5.74) is 0. The van der Waals surface area contributed by atoms with E-state index in [1.165, 1.54) is 29.5 Å². The summed E-state index contributed by atoms with van der Waals surface area (Å²) >= 11 is 2.66. The maximum absolute atomic E-state index is 12.0. The molecule has 0 unspecified atom stereocenters. The Balaban J connectivity index is 1.76. The highest BCUT2D eigenvalue weighted by atomic mass is 32.2.